The normalized spacial score (nSPS) is 14.0. The average Bonchev–Trinajstić information content (AvgIpc) is 3.04. The molecule has 3 rings (SSSR count). The van der Waals surface area contributed by atoms with Crippen molar-refractivity contribution in [2.75, 3.05) is 12.4 Å². The van der Waals surface area contributed by atoms with E-state index in [9.17, 15) is 4.79 Å². The molecule has 2 aromatic heterocycles. The number of aromatic nitrogens is 4. The van der Waals surface area contributed by atoms with Gasteiger partial charge in [-0.25, -0.2) is 0 Å². The van der Waals surface area contributed by atoms with E-state index in [0.717, 1.165) is 29.7 Å². The Labute approximate surface area is 133 Å². The number of ether oxygens (including phenoxy) is 1. The third-order valence-electron chi connectivity index (χ3n) is 3.54. The van der Waals surface area contributed by atoms with Crippen molar-refractivity contribution in [3.05, 3.63) is 48.0 Å². The van der Waals surface area contributed by atoms with E-state index in [1.807, 2.05) is 24.3 Å². The molecule has 0 aliphatic heterocycles. The van der Waals surface area contributed by atoms with Crippen molar-refractivity contribution in [3.8, 4) is 11.4 Å². The molecule has 0 fully saturated rings. The molecule has 7 nitrogen and oxygen atoms in total. The van der Waals surface area contributed by atoms with Gasteiger partial charge in [0, 0.05) is 30.8 Å². The summed E-state index contributed by atoms with van der Waals surface area (Å²) in [6, 6.07) is 3.64. The molecule has 7 heteroatoms. The number of amides is 1. The standard InChI is InChI=1S/C16H17N5O2/c1-23-13-4-2-11(3-5-13)10-14(22)18-16-19-15(20-21-16)12-6-8-17-9-7-12/h2,4,6-9H,3,5,10H2,1H3,(H2,18,19,20,21,22). The fourth-order valence-corrected chi connectivity index (χ4v) is 2.31. The highest BCUT2D eigenvalue weighted by Gasteiger charge is 2.13. The number of hydrogen-bond donors (Lipinski definition) is 2. The lowest BCUT2D eigenvalue weighted by molar-refractivity contribution is -0.115. The Bertz CT molecular complexity index is 749. The van der Waals surface area contributed by atoms with Gasteiger partial charge in [-0.1, -0.05) is 11.6 Å². The number of methoxy groups -OCH3 is 1. The molecule has 0 radical (unpaired) electrons. The van der Waals surface area contributed by atoms with Gasteiger partial charge in [-0.05, 0) is 24.6 Å². The Kier molecular flexibility index (Phi) is 4.46. The Morgan fingerprint density at radius 2 is 2.13 bits per heavy atom. The first kappa shape index (κ1) is 15.0. The smallest absolute Gasteiger partial charge is 0.249 e. The summed E-state index contributed by atoms with van der Waals surface area (Å²) in [5.41, 5.74) is 1.92. The lowest BCUT2D eigenvalue weighted by Crippen LogP contribution is -2.14. The predicted molar refractivity (Wildman–Crippen MR) is 85.3 cm³/mol. The zero-order valence-electron chi connectivity index (χ0n) is 12.7. The van der Waals surface area contributed by atoms with Crippen LogP contribution in [0.4, 0.5) is 5.95 Å². The van der Waals surface area contributed by atoms with Gasteiger partial charge in [0.1, 0.15) is 0 Å². The van der Waals surface area contributed by atoms with Gasteiger partial charge in [-0.2, -0.15) is 4.98 Å². The number of rotatable bonds is 5. The molecule has 1 aliphatic carbocycles. The second-order valence-electron chi connectivity index (χ2n) is 5.13. The molecule has 0 aromatic carbocycles. The number of aromatic amines is 1. The second kappa shape index (κ2) is 6.87. The van der Waals surface area contributed by atoms with E-state index in [1.54, 1.807) is 19.5 Å². The maximum atomic E-state index is 12.1. The van der Waals surface area contributed by atoms with Crippen LogP contribution in [0.3, 0.4) is 0 Å². The van der Waals surface area contributed by atoms with Crippen LogP contribution in [0.1, 0.15) is 19.3 Å². The SMILES string of the molecule is COC1=CC=C(CC(=O)Nc2n[nH]c(-c3ccncc3)n2)CC1. The van der Waals surface area contributed by atoms with Gasteiger partial charge in [0.05, 0.1) is 12.9 Å². The maximum absolute atomic E-state index is 12.1. The first-order valence-corrected chi connectivity index (χ1v) is 7.30. The summed E-state index contributed by atoms with van der Waals surface area (Å²) in [7, 11) is 1.65. The van der Waals surface area contributed by atoms with E-state index in [-0.39, 0.29) is 11.9 Å². The lowest BCUT2D eigenvalue weighted by atomic mass is 10.0. The van der Waals surface area contributed by atoms with Crippen LogP contribution >= 0.6 is 0 Å². The summed E-state index contributed by atoms with van der Waals surface area (Å²) in [6.45, 7) is 0. The minimum Gasteiger partial charge on any atom is -0.501 e. The van der Waals surface area contributed by atoms with Crippen LogP contribution in [0, 0.1) is 0 Å². The quantitative estimate of drug-likeness (QED) is 0.884. The number of anilines is 1. The second-order valence-corrected chi connectivity index (χ2v) is 5.13. The van der Waals surface area contributed by atoms with Crippen molar-refractivity contribution < 1.29 is 9.53 Å². The predicted octanol–water partition coefficient (Wildman–Crippen LogP) is 2.45. The van der Waals surface area contributed by atoms with Crippen LogP contribution in [-0.2, 0) is 9.53 Å². The number of carbonyl (C=O) groups is 1. The van der Waals surface area contributed by atoms with Gasteiger partial charge in [0.15, 0.2) is 5.82 Å². The molecular formula is C16H17N5O2. The van der Waals surface area contributed by atoms with Gasteiger partial charge < -0.3 is 4.74 Å². The molecular weight excluding hydrogens is 294 g/mol. The number of hydrogen-bond acceptors (Lipinski definition) is 5. The van der Waals surface area contributed by atoms with Crippen molar-refractivity contribution in [1.29, 1.82) is 0 Å². The van der Waals surface area contributed by atoms with Gasteiger partial charge in [-0.3, -0.25) is 20.2 Å². The minimum absolute atomic E-state index is 0.134. The molecule has 2 aromatic rings. The van der Waals surface area contributed by atoms with Gasteiger partial charge in [0.2, 0.25) is 11.9 Å². The van der Waals surface area contributed by atoms with E-state index in [1.165, 1.54) is 0 Å². The topological polar surface area (TPSA) is 92.8 Å². The molecule has 23 heavy (non-hydrogen) atoms. The monoisotopic (exact) mass is 311 g/mol. The Balaban J connectivity index is 1.60. The van der Waals surface area contributed by atoms with Crippen LogP contribution < -0.4 is 5.32 Å². The molecule has 0 atom stereocenters. The van der Waals surface area contributed by atoms with E-state index < -0.39 is 0 Å². The van der Waals surface area contributed by atoms with Gasteiger partial charge in [-0.15, -0.1) is 5.10 Å². The third kappa shape index (κ3) is 3.82. The Morgan fingerprint density at radius 1 is 1.30 bits per heavy atom. The van der Waals surface area contributed by atoms with Gasteiger partial charge in [0.25, 0.3) is 0 Å². The molecule has 1 aliphatic rings. The van der Waals surface area contributed by atoms with E-state index in [4.69, 9.17) is 4.74 Å². The average molecular weight is 311 g/mol. The highest BCUT2D eigenvalue weighted by molar-refractivity contribution is 5.90. The fourth-order valence-electron chi connectivity index (χ4n) is 2.31. The number of pyridine rings is 1. The van der Waals surface area contributed by atoms with Crippen LogP contribution in [0.5, 0.6) is 0 Å². The van der Waals surface area contributed by atoms with Crippen molar-refractivity contribution in [3.63, 3.8) is 0 Å². The summed E-state index contributed by atoms with van der Waals surface area (Å²) in [5, 5.41) is 9.52. The van der Waals surface area contributed by atoms with E-state index >= 15 is 0 Å². The largest absolute Gasteiger partial charge is 0.501 e. The number of nitrogens with one attached hydrogen (secondary N) is 2. The number of allylic oxidation sites excluding steroid dienone is 3. The first-order chi connectivity index (χ1) is 11.2. The highest BCUT2D eigenvalue weighted by atomic mass is 16.5. The Morgan fingerprint density at radius 3 is 2.83 bits per heavy atom. The highest BCUT2D eigenvalue weighted by Crippen LogP contribution is 2.21. The zero-order chi connectivity index (χ0) is 16.1. The number of H-pyrrole nitrogens is 1. The van der Waals surface area contributed by atoms with Gasteiger partial charge >= 0.3 is 0 Å². The molecule has 1 amide bonds. The summed E-state index contributed by atoms with van der Waals surface area (Å²) in [4.78, 5) is 20.3. The van der Waals surface area contributed by atoms with Crippen molar-refractivity contribution >= 4 is 11.9 Å². The molecule has 2 N–H and O–H groups in total. The van der Waals surface area contributed by atoms with Crippen LogP contribution in [-0.4, -0.2) is 33.2 Å². The molecule has 0 unspecified atom stereocenters. The van der Waals surface area contributed by atoms with Crippen molar-refractivity contribution in [2.24, 2.45) is 0 Å². The molecule has 0 spiro atoms. The van der Waals surface area contributed by atoms with Crippen molar-refractivity contribution in [1.82, 2.24) is 20.2 Å². The van der Waals surface area contributed by atoms with E-state index in [2.05, 4.69) is 25.5 Å². The zero-order valence-corrected chi connectivity index (χ0v) is 12.7. The molecule has 0 bridgehead atoms. The lowest BCUT2D eigenvalue weighted by Gasteiger charge is -2.13. The number of carbonyl (C=O) groups excluding carboxylic acids is 1. The van der Waals surface area contributed by atoms with E-state index in [0.29, 0.717) is 12.2 Å². The first-order valence-electron chi connectivity index (χ1n) is 7.30. The summed E-state index contributed by atoms with van der Waals surface area (Å²) in [5.74, 6) is 1.66. The summed E-state index contributed by atoms with van der Waals surface area (Å²) in [6.07, 6.45) is 9.15. The fraction of sp³-hybridized carbons (Fsp3) is 0.250. The van der Waals surface area contributed by atoms with Crippen LogP contribution in [0.15, 0.2) is 48.0 Å². The molecule has 0 saturated heterocycles. The maximum Gasteiger partial charge on any atom is 0.249 e. The molecule has 0 saturated carbocycles. The minimum atomic E-state index is -0.134. The third-order valence-corrected chi connectivity index (χ3v) is 3.54. The van der Waals surface area contributed by atoms with Crippen molar-refractivity contribution in [2.45, 2.75) is 19.3 Å². The molecule has 2 heterocycles. The Hall–Kier alpha value is -2.96. The number of nitrogens with zero attached hydrogens (tertiary/aromatic N) is 3. The summed E-state index contributed by atoms with van der Waals surface area (Å²) >= 11 is 0. The molecule has 118 valence electrons. The van der Waals surface area contributed by atoms with Crippen LogP contribution in [0.2, 0.25) is 0 Å². The van der Waals surface area contributed by atoms with Crippen LogP contribution in [0.25, 0.3) is 11.4 Å². The summed E-state index contributed by atoms with van der Waals surface area (Å²) < 4.78 is 5.17.